The second-order valence-corrected chi connectivity index (χ2v) is 24.1. The lowest BCUT2D eigenvalue weighted by molar-refractivity contribution is -0.221. The molecule has 1 N–H and O–H groups in total. The number of hydrogen-bond acceptors (Lipinski definition) is 10. The van der Waals surface area contributed by atoms with Gasteiger partial charge in [-0.15, -0.1) is 4.37 Å². The van der Waals surface area contributed by atoms with E-state index in [1.165, 1.54) is 68.1 Å². The molecule has 58 heavy (non-hydrogen) atoms. The van der Waals surface area contributed by atoms with Crippen molar-refractivity contribution in [2.24, 2.45) is 56.7 Å². The van der Waals surface area contributed by atoms with Crippen LogP contribution in [0.5, 0.6) is 5.88 Å². The SMILES string of the molecule is C=C(C)[C@@H]1CC[C@]2(NCCN3CCS(=O)(=O)CC3)CC[C@]3(C)[C@H](CC[C@@H]4[C@@]5(C)CC=C(C6=CCC(COc7cnsn7)(C(=O)OCC)CC6)C(C)(C)[C@@H]5CC[C@]43C)[C@@H]12. The van der Waals surface area contributed by atoms with Crippen molar-refractivity contribution in [3.05, 3.63) is 41.6 Å². The molecule has 1 saturated heterocycles. The first-order valence-corrected chi connectivity index (χ1v) is 25.3. The Bertz CT molecular complexity index is 1900. The Kier molecular flexibility index (Phi) is 11.3. The summed E-state index contributed by atoms with van der Waals surface area (Å²) in [5.41, 5.74) is 4.53. The van der Waals surface area contributed by atoms with Gasteiger partial charge < -0.3 is 19.7 Å². The van der Waals surface area contributed by atoms with E-state index in [1.54, 1.807) is 6.20 Å². The van der Waals surface area contributed by atoms with E-state index in [9.17, 15) is 13.2 Å². The van der Waals surface area contributed by atoms with Gasteiger partial charge in [-0.1, -0.05) is 58.9 Å². The van der Waals surface area contributed by atoms with E-state index in [1.807, 2.05) is 6.92 Å². The molecule has 7 aliphatic rings. The van der Waals surface area contributed by atoms with Crippen molar-refractivity contribution in [1.82, 2.24) is 19.0 Å². The van der Waals surface area contributed by atoms with Crippen LogP contribution >= 0.6 is 11.7 Å². The average Bonchev–Trinajstić information content (AvgIpc) is 3.84. The van der Waals surface area contributed by atoms with Crippen molar-refractivity contribution in [3.8, 4) is 5.88 Å². The Hall–Kier alpha value is -2.08. The molecule has 1 unspecified atom stereocenters. The maximum absolute atomic E-state index is 13.5. The van der Waals surface area contributed by atoms with Crippen LogP contribution in [0, 0.1) is 56.7 Å². The van der Waals surface area contributed by atoms with E-state index in [-0.39, 0.29) is 39.8 Å². The van der Waals surface area contributed by atoms with Crippen molar-refractivity contribution in [1.29, 1.82) is 0 Å². The van der Waals surface area contributed by atoms with Crippen molar-refractivity contribution < 1.29 is 22.7 Å². The summed E-state index contributed by atoms with van der Waals surface area (Å²) in [6.45, 7) is 25.8. The highest BCUT2D eigenvalue weighted by Crippen LogP contribution is 2.76. The number of rotatable bonds is 11. The zero-order chi connectivity index (χ0) is 41.4. The number of ether oxygens (including phenoxy) is 2. The summed E-state index contributed by atoms with van der Waals surface area (Å²) in [6.07, 6.45) is 20.0. The monoisotopic (exact) mass is 836 g/mol. The van der Waals surface area contributed by atoms with E-state index >= 15 is 0 Å². The highest BCUT2D eigenvalue weighted by Gasteiger charge is 2.70. The van der Waals surface area contributed by atoms with Crippen molar-refractivity contribution >= 4 is 27.5 Å². The van der Waals surface area contributed by atoms with Crippen molar-refractivity contribution in [2.45, 2.75) is 131 Å². The number of hydrogen-bond donors (Lipinski definition) is 1. The fraction of sp³-hybridized carbons (Fsp3) is 0.809. The summed E-state index contributed by atoms with van der Waals surface area (Å²) in [7, 11) is -2.87. The number of esters is 1. The molecule has 322 valence electrons. The first-order chi connectivity index (χ1) is 27.4. The van der Waals surface area contributed by atoms with Gasteiger partial charge in [-0.2, -0.15) is 4.37 Å². The van der Waals surface area contributed by atoms with Gasteiger partial charge in [-0.25, -0.2) is 8.42 Å². The van der Waals surface area contributed by atoms with Crippen molar-refractivity contribution in [2.75, 3.05) is 50.9 Å². The molecule has 0 amide bonds. The lowest BCUT2D eigenvalue weighted by Gasteiger charge is -2.72. The van der Waals surface area contributed by atoms with E-state index < -0.39 is 15.3 Å². The molecule has 8 rings (SSSR count). The molecule has 1 aromatic rings. The summed E-state index contributed by atoms with van der Waals surface area (Å²) in [5.74, 6) is 4.00. The van der Waals surface area contributed by atoms with Gasteiger partial charge in [0.05, 0.1) is 29.8 Å². The minimum Gasteiger partial charge on any atom is -0.475 e. The van der Waals surface area contributed by atoms with Crippen LogP contribution < -0.4 is 10.1 Å². The van der Waals surface area contributed by atoms with Crippen LogP contribution in [-0.4, -0.2) is 84.5 Å². The molecule has 10 atom stereocenters. The molecule has 5 fully saturated rings. The summed E-state index contributed by atoms with van der Waals surface area (Å²) in [6, 6.07) is 0. The van der Waals surface area contributed by atoms with E-state index in [0.29, 0.717) is 79.5 Å². The molecular weight excluding hydrogens is 765 g/mol. The fourth-order valence-electron chi connectivity index (χ4n) is 15.3. The second kappa shape index (κ2) is 15.4. The molecule has 4 saturated carbocycles. The standard InChI is InChI=1S/C47H72N4O5S2/c1-9-55-41(52)46(31-56-39-30-49-57-50-39)19-12-33(13-20-46)35-15-17-43(6)37(42(35,4)5)16-18-45(8)38(43)11-10-36-40-34(32(2)3)14-21-47(40,23-22-44(36,45)7)48-24-25-51-26-28-58(53,54)29-27-51/h12,15,30,34,36-38,40,48H,2,9-11,13-14,16-29,31H2,1,3-8H3/t34-,36+,37-,38+,40+,43-,44+,45+,46?,47-/m0/s1. The second-order valence-electron chi connectivity index (χ2n) is 21.3. The van der Waals surface area contributed by atoms with Crippen LogP contribution in [0.4, 0.5) is 0 Å². The molecule has 6 aliphatic carbocycles. The number of nitrogens with one attached hydrogen (secondary N) is 1. The molecule has 9 nitrogen and oxygen atoms in total. The third-order valence-electron chi connectivity index (χ3n) is 18.5. The highest BCUT2D eigenvalue weighted by molar-refractivity contribution is 7.91. The number of aromatic nitrogens is 2. The molecular formula is C47H72N4O5S2. The molecule has 0 bridgehead atoms. The Morgan fingerprint density at radius 3 is 2.41 bits per heavy atom. The predicted octanol–water partition coefficient (Wildman–Crippen LogP) is 8.84. The van der Waals surface area contributed by atoms with Gasteiger partial charge in [0, 0.05) is 31.7 Å². The van der Waals surface area contributed by atoms with Crippen LogP contribution in [0.3, 0.4) is 0 Å². The Labute approximate surface area is 353 Å². The summed E-state index contributed by atoms with van der Waals surface area (Å²) in [4.78, 5) is 15.8. The topological polar surface area (TPSA) is 111 Å². The van der Waals surface area contributed by atoms with Gasteiger partial charge in [0.1, 0.15) is 18.2 Å². The van der Waals surface area contributed by atoms with Crippen molar-refractivity contribution in [3.63, 3.8) is 0 Å². The third kappa shape index (κ3) is 6.90. The first-order valence-electron chi connectivity index (χ1n) is 22.7. The zero-order valence-electron chi connectivity index (χ0n) is 36.7. The highest BCUT2D eigenvalue weighted by atomic mass is 32.2. The van der Waals surface area contributed by atoms with Crippen LogP contribution in [0.15, 0.2) is 41.6 Å². The van der Waals surface area contributed by atoms with Gasteiger partial charge in [0.25, 0.3) is 0 Å². The average molecular weight is 837 g/mol. The molecule has 1 aromatic heterocycles. The van der Waals surface area contributed by atoms with E-state index in [4.69, 9.17) is 9.47 Å². The number of carbonyl (C=O) groups excluding carboxylic acids is 1. The number of carbonyl (C=O) groups is 1. The molecule has 11 heteroatoms. The Morgan fingerprint density at radius 1 is 0.966 bits per heavy atom. The summed E-state index contributed by atoms with van der Waals surface area (Å²) >= 11 is 1.11. The molecule has 0 spiro atoms. The first kappa shape index (κ1) is 42.6. The smallest absolute Gasteiger partial charge is 0.315 e. The number of fused-ring (bicyclic) bond motifs is 7. The Balaban J connectivity index is 1.02. The number of sulfone groups is 1. The molecule has 2 heterocycles. The van der Waals surface area contributed by atoms with E-state index in [0.717, 1.165) is 37.7 Å². The van der Waals surface area contributed by atoms with Gasteiger partial charge in [-0.05, 0) is 153 Å². The van der Waals surface area contributed by atoms with Crippen LogP contribution in [0.25, 0.3) is 0 Å². The quantitative estimate of drug-likeness (QED) is 0.173. The minimum absolute atomic E-state index is 0.0330. The summed E-state index contributed by atoms with van der Waals surface area (Å²) in [5, 5.41) is 4.23. The van der Waals surface area contributed by atoms with Gasteiger partial charge >= 0.3 is 5.97 Å². The molecule has 0 aromatic carbocycles. The molecule has 0 radical (unpaired) electrons. The fourth-order valence-corrected chi connectivity index (χ4v) is 16.9. The number of nitrogens with zero attached hydrogens (tertiary/aromatic N) is 3. The van der Waals surface area contributed by atoms with Crippen LogP contribution in [0.1, 0.15) is 126 Å². The Morgan fingerprint density at radius 2 is 1.74 bits per heavy atom. The van der Waals surface area contributed by atoms with Crippen LogP contribution in [0.2, 0.25) is 0 Å². The number of allylic oxidation sites excluding steroid dienone is 5. The van der Waals surface area contributed by atoms with Gasteiger partial charge in [-0.3, -0.25) is 4.79 Å². The van der Waals surface area contributed by atoms with Crippen LogP contribution in [-0.2, 0) is 19.4 Å². The third-order valence-corrected chi connectivity index (χ3v) is 20.6. The lowest BCUT2D eigenvalue weighted by Crippen LogP contribution is -2.68. The predicted molar refractivity (Wildman–Crippen MR) is 232 cm³/mol. The maximum Gasteiger partial charge on any atom is 0.315 e. The molecule has 1 aliphatic heterocycles. The van der Waals surface area contributed by atoms with Gasteiger partial charge in [0.2, 0.25) is 5.88 Å². The minimum atomic E-state index is -2.87. The van der Waals surface area contributed by atoms with E-state index in [2.05, 4.69) is 79.2 Å². The normalized spacial score (nSPS) is 41.8. The van der Waals surface area contributed by atoms with Gasteiger partial charge in [0.15, 0.2) is 9.84 Å². The summed E-state index contributed by atoms with van der Waals surface area (Å²) < 4.78 is 44.1. The zero-order valence-corrected chi connectivity index (χ0v) is 38.3. The lowest BCUT2D eigenvalue weighted by atomic mass is 9.33. The largest absolute Gasteiger partial charge is 0.475 e. The maximum atomic E-state index is 13.5.